The average molecular weight is 308 g/mol. The maximum Gasteiger partial charge on any atom is 0.296 e. The molecule has 0 saturated carbocycles. The maximum absolute atomic E-state index is 12.1. The zero-order valence-corrected chi connectivity index (χ0v) is 12.7. The summed E-state index contributed by atoms with van der Waals surface area (Å²) in [6.45, 7) is 4.69. The summed E-state index contributed by atoms with van der Waals surface area (Å²) in [5.41, 5.74) is -0.000327. The summed E-state index contributed by atoms with van der Waals surface area (Å²) in [4.78, 5) is 24.7. The number of carbonyl (C=O) groups excluding carboxylic acids is 1. The predicted octanol–water partition coefficient (Wildman–Crippen LogP) is 0.836. The molecule has 1 saturated heterocycles. The third-order valence-electron chi connectivity index (χ3n) is 3.66. The molecule has 120 valence electrons. The molecule has 1 heterocycles. The van der Waals surface area contributed by atoms with Crippen LogP contribution in [0, 0.1) is 10.1 Å². The molecule has 1 aliphatic rings. The molecule has 0 spiro atoms. The Labute approximate surface area is 128 Å². The third-order valence-corrected chi connectivity index (χ3v) is 3.66. The highest BCUT2D eigenvalue weighted by atomic mass is 16.6. The van der Waals surface area contributed by atoms with Gasteiger partial charge in [0, 0.05) is 25.7 Å². The molecule has 22 heavy (non-hydrogen) atoms. The molecular formula is C14H20N4O4. The molecule has 2 rings (SSSR count). The number of hydrogen-bond donors (Lipinski definition) is 2. The fourth-order valence-corrected chi connectivity index (χ4v) is 2.39. The third kappa shape index (κ3) is 3.92. The monoisotopic (exact) mass is 308 g/mol. The Morgan fingerprint density at radius 2 is 2.36 bits per heavy atom. The smallest absolute Gasteiger partial charge is 0.296 e. The summed E-state index contributed by atoms with van der Waals surface area (Å²) in [6.07, 6.45) is 0. The van der Waals surface area contributed by atoms with Crippen molar-refractivity contribution in [2.24, 2.45) is 0 Å². The van der Waals surface area contributed by atoms with Gasteiger partial charge in [0.2, 0.25) is 5.91 Å². The highest BCUT2D eigenvalue weighted by Crippen LogP contribution is 2.28. The second-order valence-electron chi connectivity index (χ2n) is 5.21. The molecule has 2 N–H and O–H groups in total. The number of nitrogens with zero attached hydrogens (tertiary/aromatic N) is 2. The number of nitro groups is 1. The lowest BCUT2D eigenvalue weighted by Crippen LogP contribution is -2.52. The van der Waals surface area contributed by atoms with Crippen molar-refractivity contribution in [2.75, 3.05) is 38.6 Å². The zero-order chi connectivity index (χ0) is 16.1. The van der Waals surface area contributed by atoms with Gasteiger partial charge in [-0.2, -0.15) is 0 Å². The summed E-state index contributed by atoms with van der Waals surface area (Å²) < 4.78 is 4.97. The lowest BCUT2D eigenvalue weighted by Gasteiger charge is -2.33. The standard InChI is InChI=1S/C14H20N4O4/c1-10-8-15-5-6-17(10)9-14(19)16-12-4-3-11(22-2)7-13(12)18(20)21/h3-4,7,10,15H,5-6,8-9H2,1-2H3,(H,16,19)/t10-/m1/s1. The van der Waals surface area contributed by atoms with Crippen LogP contribution in [0.3, 0.4) is 0 Å². The average Bonchev–Trinajstić information content (AvgIpc) is 2.49. The van der Waals surface area contributed by atoms with Crippen LogP contribution in [0.1, 0.15) is 6.92 Å². The Morgan fingerprint density at radius 3 is 3.00 bits per heavy atom. The molecule has 0 aliphatic carbocycles. The van der Waals surface area contributed by atoms with Crippen molar-refractivity contribution in [3.05, 3.63) is 28.3 Å². The maximum atomic E-state index is 12.1. The number of nitrogens with one attached hydrogen (secondary N) is 2. The van der Waals surface area contributed by atoms with Gasteiger partial charge in [-0.3, -0.25) is 19.8 Å². The van der Waals surface area contributed by atoms with Crippen LogP contribution in [-0.4, -0.2) is 55.1 Å². The number of rotatable bonds is 5. The summed E-state index contributed by atoms with van der Waals surface area (Å²) in [5, 5.41) is 17.0. The Bertz CT molecular complexity index is 564. The Hall–Kier alpha value is -2.19. The first kappa shape index (κ1) is 16.2. The zero-order valence-electron chi connectivity index (χ0n) is 12.7. The number of methoxy groups -OCH3 is 1. The molecule has 1 aromatic rings. The molecule has 1 aliphatic heterocycles. The predicted molar refractivity (Wildman–Crippen MR) is 82.2 cm³/mol. The molecular weight excluding hydrogens is 288 g/mol. The van der Waals surface area contributed by atoms with Crippen molar-refractivity contribution in [3.8, 4) is 5.75 Å². The van der Waals surface area contributed by atoms with E-state index in [0.717, 1.165) is 19.6 Å². The molecule has 8 nitrogen and oxygen atoms in total. The van der Waals surface area contributed by atoms with Crippen LogP contribution in [0.5, 0.6) is 5.75 Å². The van der Waals surface area contributed by atoms with Crippen LogP contribution in [0.15, 0.2) is 18.2 Å². The van der Waals surface area contributed by atoms with Crippen LogP contribution in [-0.2, 0) is 4.79 Å². The van der Waals surface area contributed by atoms with E-state index < -0.39 is 4.92 Å². The largest absolute Gasteiger partial charge is 0.496 e. The molecule has 8 heteroatoms. The SMILES string of the molecule is COc1ccc(NC(=O)CN2CCNC[C@H]2C)c([N+](=O)[O-])c1. The number of anilines is 1. The molecule has 0 radical (unpaired) electrons. The number of nitro benzene ring substituents is 1. The van der Waals surface area contributed by atoms with E-state index in [9.17, 15) is 14.9 Å². The normalized spacial score (nSPS) is 18.7. The van der Waals surface area contributed by atoms with Gasteiger partial charge in [-0.15, -0.1) is 0 Å². The Morgan fingerprint density at radius 1 is 1.59 bits per heavy atom. The molecule has 1 fully saturated rings. The fourth-order valence-electron chi connectivity index (χ4n) is 2.39. The summed E-state index contributed by atoms with van der Waals surface area (Å²) in [6, 6.07) is 4.61. The van der Waals surface area contributed by atoms with E-state index in [1.54, 1.807) is 6.07 Å². The number of benzene rings is 1. The summed E-state index contributed by atoms with van der Waals surface area (Å²) in [5.74, 6) is 0.113. The fraction of sp³-hybridized carbons (Fsp3) is 0.500. The van der Waals surface area contributed by atoms with Crippen molar-refractivity contribution in [1.29, 1.82) is 0 Å². The van der Waals surface area contributed by atoms with Crippen molar-refractivity contribution in [1.82, 2.24) is 10.2 Å². The van der Waals surface area contributed by atoms with E-state index in [0.29, 0.717) is 5.75 Å². The van der Waals surface area contributed by atoms with Gasteiger partial charge >= 0.3 is 0 Å². The first-order chi connectivity index (χ1) is 10.5. The number of hydrogen-bond acceptors (Lipinski definition) is 6. The molecule has 0 unspecified atom stereocenters. The molecule has 1 amide bonds. The van der Waals surface area contributed by atoms with Crippen molar-refractivity contribution in [2.45, 2.75) is 13.0 Å². The van der Waals surface area contributed by atoms with E-state index in [1.165, 1.54) is 19.2 Å². The minimum absolute atomic E-state index is 0.179. The Kier molecular flexibility index (Phi) is 5.29. The van der Waals surface area contributed by atoms with E-state index >= 15 is 0 Å². The van der Waals surface area contributed by atoms with E-state index in [1.807, 2.05) is 11.8 Å². The second kappa shape index (κ2) is 7.19. The molecule has 0 bridgehead atoms. The first-order valence-electron chi connectivity index (χ1n) is 7.08. The summed E-state index contributed by atoms with van der Waals surface area (Å²) >= 11 is 0. The molecule has 1 aromatic carbocycles. The van der Waals surface area contributed by atoms with Gasteiger partial charge < -0.3 is 15.4 Å². The van der Waals surface area contributed by atoms with E-state index in [-0.39, 0.29) is 29.9 Å². The van der Waals surface area contributed by atoms with Gasteiger partial charge in [0.05, 0.1) is 24.6 Å². The molecule has 1 atom stereocenters. The minimum atomic E-state index is -0.536. The topological polar surface area (TPSA) is 96.7 Å². The second-order valence-corrected chi connectivity index (χ2v) is 5.21. The number of amides is 1. The van der Waals surface area contributed by atoms with Crippen molar-refractivity contribution >= 4 is 17.3 Å². The first-order valence-corrected chi connectivity index (χ1v) is 7.08. The van der Waals surface area contributed by atoms with Crippen LogP contribution < -0.4 is 15.4 Å². The van der Waals surface area contributed by atoms with Crippen molar-refractivity contribution < 1.29 is 14.5 Å². The number of carbonyl (C=O) groups is 1. The van der Waals surface area contributed by atoms with Gasteiger partial charge in [0.1, 0.15) is 11.4 Å². The highest BCUT2D eigenvalue weighted by molar-refractivity contribution is 5.94. The van der Waals surface area contributed by atoms with Gasteiger partial charge in [-0.05, 0) is 19.1 Å². The number of piperazine rings is 1. The van der Waals surface area contributed by atoms with Crippen molar-refractivity contribution in [3.63, 3.8) is 0 Å². The Balaban J connectivity index is 2.06. The lowest BCUT2D eigenvalue weighted by molar-refractivity contribution is -0.384. The molecule has 0 aromatic heterocycles. The van der Waals surface area contributed by atoms with Gasteiger partial charge in [0.25, 0.3) is 5.69 Å². The quantitative estimate of drug-likeness (QED) is 0.618. The van der Waals surface area contributed by atoms with Gasteiger partial charge in [-0.1, -0.05) is 0 Å². The van der Waals surface area contributed by atoms with Crippen LogP contribution in [0.2, 0.25) is 0 Å². The van der Waals surface area contributed by atoms with E-state index in [4.69, 9.17) is 4.74 Å². The van der Waals surface area contributed by atoms with Crippen LogP contribution >= 0.6 is 0 Å². The van der Waals surface area contributed by atoms with Gasteiger partial charge in [-0.25, -0.2) is 0 Å². The highest BCUT2D eigenvalue weighted by Gasteiger charge is 2.22. The van der Waals surface area contributed by atoms with Crippen LogP contribution in [0.4, 0.5) is 11.4 Å². The van der Waals surface area contributed by atoms with Crippen LogP contribution in [0.25, 0.3) is 0 Å². The number of ether oxygens (including phenoxy) is 1. The lowest BCUT2D eigenvalue weighted by atomic mass is 10.2. The van der Waals surface area contributed by atoms with Gasteiger partial charge in [0.15, 0.2) is 0 Å². The minimum Gasteiger partial charge on any atom is -0.496 e. The van der Waals surface area contributed by atoms with E-state index in [2.05, 4.69) is 10.6 Å². The summed E-state index contributed by atoms with van der Waals surface area (Å²) in [7, 11) is 1.43.